The summed E-state index contributed by atoms with van der Waals surface area (Å²) in [6, 6.07) is 14.0. The van der Waals surface area contributed by atoms with E-state index in [4.69, 9.17) is 16.6 Å². The number of hydrogen-bond acceptors (Lipinski definition) is 4. The molecule has 0 aliphatic carbocycles. The topological polar surface area (TPSA) is 50.7 Å². The van der Waals surface area contributed by atoms with Crippen molar-refractivity contribution in [1.29, 1.82) is 0 Å². The molecule has 3 heterocycles. The van der Waals surface area contributed by atoms with E-state index in [1.807, 2.05) is 36.5 Å². The molecule has 1 saturated heterocycles. The van der Waals surface area contributed by atoms with Crippen LogP contribution in [0.5, 0.6) is 0 Å². The van der Waals surface area contributed by atoms with Crippen molar-refractivity contribution < 1.29 is 0 Å². The third-order valence-corrected chi connectivity index (χ3v) is 5.26. The van der Waals surface area contributed by atoms with Crippen LogP contribution < -0.4 is 5.32 Å². The van der Waals surface area contributed by atoms with Crippen LogP contribution in [0.25, 0.3) is 11.4 Å². The number of hydrogen-bond donors (Lipinski definition) is 1. The third-order valence-electron chi connectivity index (χ3n) is 4.93. The van der Waals surface area contributed by atoms with Crippen LogP contribution in [0.4, 0.5) is 0 Å². The molecule has 1 aliphatic rings. The normalized spacial score (nSPS) is 15.9. The van der Waals surface area contributed by atoms with E-state index in [9.17, 15) is 0 Å². The van der Waals surface area contributed by atoms with Crippen molar-refractivity contribution in [3.63, 3.8) is 0 Å². The molecule has 0 bridgehead atoms. The molecule has 26 heavy (non-hydrogen) atoms. The van der Waals surface area contributed by atoms with E-state index in [-0.39, 0.29) is 17.8 Å². The molecule has 0 radical (unpaired) electrons. The first-order valence-electron chi connectivity index (χ1n) is 8.49. The minimum Gasteiger partial charge on any atom is -0.317 e. The predicted octanol–water partition coefficient (Wildman–Crippen LogP) is 4.28. The summed E-state index contributed by atoms with van der Waals surface area (Å²) in [5.74, 6) is 0.727. The first-order valence-corrected chi connectivity index (χ1v) is 8.87. The van der Waals surface area contributed by atoms with Crippen molar-refractivity contribution in [1.82, 2.24) is 20.3 Å². The zero-order valence-electron chi connectivity index (χ0n) is 14.2. The number of pyridine rings is 1. The zero-order valence-corrected chi connectivity index (χ0v) is 15.8. The molecule has 1 N–H and O–H groups in total. The van der Waals surface area contributed by atoms with E-state index in [1.165, 1.54) is 0 Å². The lowest BCUT2D eigenvalue weighted by atomic mass is 9.70. The molecular formula is C20H20Cl2N4. The molecule has 4 rings (SSSR count). The largest absolute Gasteiger partial charge is 0.317 e. The molecule has 0 amide bonds. The van der Waals surface area contributed by atoms with Crippen molar-refractivity contribution >= 4 is 24.0 Å². The number of rotatable bonds is 3. The Labute approximate surface area is 164 Å². The molecule has 2 aromatic heterocycles. The van der Waals surface area contributed by atoms with Crippen LogP contribution in [0.15, 0.2) is 61.1 Å². The van der Waals surface area contributed by atoms with Gasteiger partial charge in [0.2, 0.25) is 0 Å². The Bertz CT molecular complexity index is 864. The van der Waals surface area contributed by atoms with Gasteiger partial charge in [0.1, 0.15) is 0 Å². The standard InChI is InChI=1S/C20H19ClN4.ClH/c21-17-4-2-1-3-16(17)20(8-13-23-14-9-20)18-7-12-24-19(25-18)15-5-10-22-11-6-15;/h1-7,10-12,23H,8-9,13-14H2;1H. The fourth-order valence-corrected chi connectivity index (χ4v) is 3.95. The summed E-state index contributed by atoms with van der Waals surface area (Å²) in [4.78, 5) is 13.5. The average Bonchev–Trinajstić information content (AvgIpc) is 2.70. The Morgan fingerprint density at radius 3 is 2.38 bits per heavy atom. The molecule has 4 nitrogen and oxygen atoms in total. The number of nitrogens with one attached hydrogen (secondary N) is 1. The zero-order chi connectivity index (χ0) is 17.1. The van der Waals surface area contributed by atoms with E-state index in [2.05, 4.69) is 27.4 Å². The van der Waals surface area contributed by atoms with E-state index >= 15 is 0 Å². The van der Waals surface area contributed by atoms with Gasteiger partial charge in [-0.3, -0.25) is 4.98 Å². The molecule has 1 aliphatic heterocycles. The van der Waals surface area contributed by atoms with Gasteiger partial charge in [-0.15, -0.1) is 12.4 Å². The summed E-state index contributed by atoms with van der Waals surface area (Å²) in [6.45, 7) is 1.89. The van der Waals surface area contributed by atoms with Crippen LogP contribution in [0, 0.1) is 0 Å². The smallest absolute Gasteiger partial charge is 0.159 e. The van der Waals surface area contributed by atoms with Gasteiger partial charge in [-0.2, -0.15) is 0 Å². The maximum Gasteiger partial charge on any atom is 0.159 e. The van der Waals surface area contributed by atoms with E-state index in [0.29, 0.717) is 0 Å². The molecule has 0 atom stereocenters. The Hall–Kier alpha value is -2.01. The van der Waals surface area contributed by atoms with E-state index in [0.717, 1.165) is 53.6 Å². The highest BCUT2D eigenvalue weighted by atomic mass is 35.5. The van der Waals surface area contributed by atoms with Crippen molar-refractivity contribution in [3.8, 4) is 11.4 Å². The van der Waals surface area contributed by atoms with Crippen LogP contribution in [0.3, 0.4) is 0 Å². The van der Waals surface area contributed by atoms with Crippen LogP contribution in [-0.2, 0) is 5.41 Å². The quantitative estimate of drug-likeness (QED) is 0.729. The van der Waals surface area contributed by atoms with Crippen molar-refractivity contribution in [2.24, 2.45) is 0 Å². The number of benzene rings is 1. The summed E-state index contributed by atoms with van der Waals surface area (Å²) in [5.41, 5.74) is 2.97. The Kier molecular flexibility index (Phi) is 5.87. The molecule has 0 spiro atoms. The Morgan fingerprint density at radius 1 is 0.923 bits per heavy atom. The fourth-order valence-electron chi connectivity index (χ4n) is 3.63. The van der Waals surface area contributed by atoms with Gasteiger partial charge < -0.3 is 5.32 Å². The van der Waals surface area contributed by atoms with Gasteiger partial charge >= 0.3 is 0 Å². The number of aromatic nitrogens is 3. The highest BCUT2D eigenvalue weighted by molar-refractivity contribution is 6.31. The molecule has 1 aromatic carbocycles. The fraction of sp³-hybridized carbons (Fsp3) is 0.250. The summed E-state index contributed by atoms with van der Waals surface area (Å²) in [5, 5.41) is 4.25. The van der Waals surface area contributed by atoms with Crippen molar-refractivity contribution in [2.75, 3.05) is 13.1 Å². The van der Waals surface area contributed by atoms with Gasteiger partial charge in [0.05, 0.1) is 5.69 Å². The lowest BCUT2D eigenvalue weighted by Crippen LogP contribution is -2.41. The average molecular weight is 387 g/mol. The van der Waals surface area contributed by atoms with Gasteiger partial charge in [-0.25, -0.2) is 9.97 Å². The predicted molar refractivity (Wildman–Crippen MR) is 107 cm³/mol. The van der Waals surface area contributed by atoms with Gasteiger partial charge in [0.15, 0.2) is 5.82 Å². The maximum atomic E-state index is 6.58. The van der Waals surface area contributed by atoms with Crippen molar-refractivity contribution in [2.45, 2.75) is 18.3 Å². The van der Waals surface area contributed by atoms with E-state index < -0.39 is 0 Å². The van der Waals surface area contributed by atoms with E-state index in [1.54, 1.807) is 12.4 Å². The van der Waals surface area contributed by atoms with Crippen molar-refractivity contribution in [3.05, 3.63) is 77.3 Å². The summed E-state index contributed by atoms with van der Waals surface area (Å²) in [7, 11) is 0. The highest BCUT2D eigenvalue weighted by Crippen LogP contribution is 2.42. The number of piperidine rings is 1. The van der Waals surface area contributed by atoms with Crippen LogP contribution >= 0.6 is 24.0 Å². The Balaban J connectivity index is 0.00000196. The number of halogens is 2. The molecule has 0 saturated carbocycles. The summed E-state index contributed by atoms with van der Waals surface area (Å²) >= 11 is 6.58. The van der Waals surface area contributed by atoms with Gasteiger partial charge in [0.25, 0.3) is 0 Å². The van der Waals surface area contributed by atoms with Crippen LogP contribution in [0.1, 0.15) is 24.1 Å². The second-order valence-corrected chi connectivity index (χ2v) is 6.72. The van der Waals surface area contributed by atoms with Gasteiger partial charge in [-0.1, -0.05) is 29.8 Å². The minimum absolute atomic E-state index is 0. The lowest BCUT2D eigenvalue weighted by Gasteiger charge is -2.38. The molecule has 134 valence electrons. The third kappa shape index (κ3) is 3.45. The second-order valence-electron chi connectivity index (χ2n) is 6.31. The highest BCUT2D eigenvalue weighted by Gasteiger charge is 2.38. The maximum absolute atomic E-state index is 6.58. The van der Waals surface area contributed by atoms with Gasteiger partial charge in [-0.05, 0) is 55.8 Å². The second kappa shape index (κ2) is 8.12. The summed E-state index contributed by atoms with van der Waals surface area (Å²) < 4.78 is 0. The molecular weight excluding hydrogens is 367 g/mol. The lowest BCUT2D eigenvalue weighted by molar-refractivity contribution is 0.354. The Morgan fingerprint density at radius 2 is 1.65 bits per heavy atom. The first-order chi connectivity index (χ1) is 12.3. The molecule has 1 fully saturated rings. The summed E-state index contributed by atoms with van der Waals surface area (Å²) in [6.07, 6.45) is 7.30. The van der Waals surface area contributed by atoms with Crippen LogP contribution in [0.2, 0.25) is 5.02 Å². The van der Waals surface area contributed by atoms with Crippen LogP contribution in [-0.4, -0.2) is 28.0 Å². The SMILES string of the molecule is Cl.Clc1ccccc1C1(c2ccnc(-c3ccncc3)n2)CCNCC1. The number of nitrogens with zero attached hydrogens (tertiary/aromatic N) is 3. The van der Waals surface area contributed by atoms with Gasteiger partial charge in [0, 0.05) is 34.6 Å². The molecule has 6 heteroatoms. The monoisotopic (exact) mass is 386 g/mol. The molecule has 3 aromatic rings. The first kappa shape index (κ1) is 18.8. The molecule has 0 unspecified atom stereocenters. The minimum atomic E-state index is -0.186.